The van der Waals surface area contributed by atoms with E-state index in [0.717, 1.165) is 12.8 Å². The van der Waals surface area contributed by atoms with Crippen molar-refractivity contribution in [1.82, 2.24) is 0 Å². The van der Waals surface area contributed by atoms with Gasteiger partial charge in [0.1, 0.15) is 0 Å². The summed E-state index contributed by atoms with van der Waals surface area (Å²) in [7, 11) is 0. The molecule has 1 aromatic carbocycles. The Bertz CT molecular complexity index is 438. The van der Waals surface area contributed by atoms with Crippen molar-refractivity contribution in [3.05, 3.63) is 56.7 Å². The summed E-state index contributed by atoms with van der Waals surface area (Å²) in [6, 6.07) is 12.5. The third-order valence-electron chi connectivity index (χ3n) is 2.60. The van der Waals surface area contributed by atoms with E-state index >= 15 is 0 Å². The lowest BCUT2D eigenvalue weighted by Gasteiger charge is -2.11. The Labute approximate surface area is 108 Å². The molecule has 0 amide bonds. The first kappa shape index (κ1) is 11.8. The molecular weight excluding hydrogens is 282 g/mol. The zero-order chi connectivity index (χ0) is 11.4. The minimum absolute atomic E-state index is 0.134. The van der Waals surface area contributed by atoms with E-state index in [4.69, 9.17) is 5.73 Å². The molecule has 1 unspecified atom stereocenters. The lowest BCUT2D eigenvalue weighted by Crippen LogP contribution is -2.10. The molecular formula is C13H14BrNS. The first-order chi connectivity index (χ1) is 7.77. The fourth-order valence-corrected chi connectivity index (χ4v) is 3.23. The lowest BCUT2D eigenvalue weighted by molar-refractivity contribution is 0.655. The molecule has 0 radical (unpaired) electrons. The highest BCUT2D eigenvalue weighted by atomic mass is 79.9. The minimum Gasteiger partial charge on any atom is -0.324 e. The lowest BCUT2D eigenvalue weighted by atomic mass is 10.0. The van der Waals surface area contributed by atoms with E-state index in [9.17, 15) is 0 Å². The van der Waals surface area contributed by atoms with Crippen molar-refractivity contribution in [2.24, 2.45) is 5.73 Å². The van der Waals surface area contributed by atoms with E-state index in [1.807, 2.05) is 18.2 Å². The Hall–Kier alpha value is -0.640. The Balaban J connectivity index is 1.94. The highest BCUT2D eigenvalue weighted by Crippen LogP contribution is 2.26. The van der Waals surface area contributed by atoms with Crippen LogP contribution in [0.15, 0.2) is 46.3 Å². The quantitative estimate of drug-likeness (QED) is 0.901. The molecule has 1 atom stereocenters. The van der Waals surface area contributed by atoms with Gasteiger partial charge in [-0.05, 0) is 45.8 Å². The number of hydrogen-bond donors (Lipinski definition) is 1. The van der Waals surface area contributed by atoms with Crippen molar-refractivity contribution in [1.29, 1.82) is 0 Å². The van der Waals surface area contributed by atoms with Gasteiger partial charge in [0.2, 0.25) is 0 Å². The predicted octanol–water partition coefficient (Wildman–Crippen LogP) is 4.14. The molecule has 84 valence electrons. The summed E-state index contributed by atoms with van der Waals surface area (Å²) in [5, 5.41) is 2.10. The van der Waals surface area contributed by atoms with Gasteiger partial charge in [0.25, 0.3) is 0 Å². The van der Waals surface area contributed by atoms with E-state index in [0.29, 0.717) is 0 Å². The van der Waals surface area contributed by atoms with E-state index < -0.39 is 0 Å². The zero-order valence-corrected chi connectivity index (χ0v) is 11.3. The molecule has 0 spiro atoms. The number of halogens is 1. The van der Waals surface area contributed by atoms with Crippen LogP contribution in [0.1, 0.15) is 22.9 Å². The van der Waals surface area contributed by atoms with Gasteiger partial charge in [0, 0.05) is 15.4 Å². The number of rotatable bonds is 4. The third-order valence-corrected chi connectivity index (χ3v) is 4.59. The molecule has 0 aliphatic rings. The second kappa shape index (κ2) is 5.62. The number of hydrogen-bond acceptors (Lipinski definition) is 2. The van der Waals surface area contributed by atoms with Gasteiger partial charge in [-0.15, -0.1) is 11.3 Å². The normalized spacial score (nSPS) is 12.6. The van der Waals surface area contributed by atoms with E-state index in [-0.39, 0.29) is 6.04 Å². The van der Waals surface area contributed by atoms with Crippen LogP contribution in [0.5, 0.6) is 0 Å². The van der Waals surface area contributed by atoms with Gasteiger partial charge in [0.05, 0.1) is 0 Å². The molecule has 2 rings (SSSR count). The molecule has 3 heteroatoms. The Kier molecular flexibility index (Phi) is 4.16. The fourth-order valence-electron chi connectivity index (χ4n) is 1.66. The van der Waals surface area contributed by atoms with Crippen molar-refractivity contribution in [3.63, 3.8) is 0 Å². The summed E-state index contributed by atoms with van der Waals surface area (Å²) >= 11 is 5.33. The van der Waals surface area contributed by atoms with E-state index in [1.165, 1.54) is 14.9 Å². The van der Waals surface area contributed by atoms with Crippen molar-refractivity contribution >= 4 is 27.3 Å². The molecule has 2 N–H and O–H groups in total. The van der Waals surface area contributed by atoms with Crippen LogP contribution in [0.4, 0.5) is 0 Å². The maximum atomic E-state index is 6.15. The summed E-state index contributed by atoms with van der Waals surface area (Å²) in [6.45, 7) is 0. The Morgan fingerprint density at radius 1 is 1.19 bits per heavy atom. The maximum Gasteiger partial charge on any atom is 0.0314 e. The van der Waals surface area contributed by atoms with Crippen LogP contribution in [0, 0.1) is 0 Å². The highest BCUT2D eigenvalue weighted by molar-refractivity contribution is 9.10. The number of nitrogens with two attached hydrogens (primary N) is 1. The molecule has 2 aromatic rings. The number of benzene rings is 1. The average molecular weight is 296 g/mol. The Morgan fingerprint density at radius 2 is 1.94 bits per heavy atom. The molecule has 0 fully saturated rings. The molecule has 1 heterocycles. The van der Waals surface area contributed by atoms with E-state index in [2.05, 4.69) is 39.5 Å². The van der Waals surface area contributed by atoms with Gasteiger partial charge >= 0.3 is 0 Å². The third kappa shape index (κ3) is 2.94. The van der Waals surface area contributed by atoms with Crippen LogP contribution < -0.4 is 5.73 Å². The van der Waals surface area contributed by atoms with Gasteiger partial charge < -0.3 is 5.73 Å². The first-order valence-electron chi connectivity index (χ1n) is 5.30. The fraction of sp³-hybridized carbons (Fsp3) is 0.231. The maximum absolute atomic E-state index is 6.15. The van der Waals surface area contributed by atoms with Crippen LogP contribution in [-0.2, 0) is 6.42 Å². The van der Waals surface area contributed by atoms with Crippen LogP contribution in [0.25, 0.3) is 0 Å². The molecule has 0 saturated carbocycles. The molecule has 0 saturated heterocycles. The first-order valence-corrected chi connectivity index (χ1v) is 6.97. The standard InChI is InChI=1S/C13H14BrNS/c14-11-8-9-16-13(11)7-6-12(15)10-4-2-1-3-5-10/h1-5,8-9,12H,6-7,15H2. The van der Waals surface area contributed by atoms with Gasteiger partial charge in [0.15, 0.2) is 0 Å². The number of thiophene rings is 1. The van der Waals surface area contributed by atoms with Gasteiger partial charge in [-0.2, -0.15) is 0 Å². The molecule has 0 bridgehead atoms. The molecule has 16 heavy (non-hydrogen) atoms. The summed E-state index contributed by atoms with van der Waals surface area (Å²) in [4.78, 5) is 1.38. The van der Waals surface area contributed by atoms with Crippen molar-refractivity contribution in [2.75, 3.05) is 0 Å². The van der Waals surface area contributed by atoms with Gasteiger partial charge in [-0.3, -0.25) is 0 Å². The molecule has 1 nitrogen and oxygen atoms in total. The SMILES string of the molecule is NC(CCc1sccc1Br)c1ccccc1. The minimum atomic E-state index is 0.134. The average Bonchev–Trinajstić information content (AvgIpc) is 2.73. The van der Waals surface area contributed by atoms with Crippen LogP contribution in [0.3, 0.4) is 0 Å². The summed E-state index contributed by atoms with van der Waals surface area (Å²) < 4.78 is 1.21. The molecule has 1 aromatic heterocycles. The van der Waals surface area contributed by atoms with Gasteiger partial charge in [-0.1, -0.05) is 30.3 Å². The molecule has 0 aliphatic heterocycles. The van der Waals surface area contributed by atoms with Crippen molar-refractivity contribution in [3.8, 4) is 0 Å². The largest absolute Gasteiger partial charge is 0.324 e. The second-order valence-corrected chi connectivity index (χ2v) is 5.60. The molecule has 0 aliphatic carbocycles. The summed E-state index contributed by atoms with van der Waals surface area (Å²) in [5.41, 5.74) is 7.37. The van der Waals surface area contributed by atoms with Crippen LogP contribution in [0.2, 0.25) is 0 Å². The Morgan fingerprint density at radius 3 is 2.56 bits per heavy atom. The topological polar surface area (TPSA) is 26.0 Å². The van der Waals surface area contributed by atoms with E-state index in [1.54, 1.807) is 11.3 Å². The summed E-state index contributed by atoms with van der Waals surface area (Å²) in [6.07, 6.45) is 2.03. The predicted molar refractivity (Wildman–Crippen MR) is 73.7 cm³/mol. The second-order valence-electron chi connectivity index (χ2n) is 3.75. The smallest absolute Gasteiger partial charge is 0.0314 e. The monoisotopic (exact) mass is 295 g/mol. The van der Waals surface area contributed by atoms with Crippen LogP contribution in [-0.4, -0.2) is 0 Å². The summed E-state index contributed by atoms with van der Waals surface area (Å²) in [5.74, 6) is 0. The van der Waals surface area contributed by atoms with Crippen molar-refractivity contribution in [2.45, 2.75) is 18.9 Å². The van der Waals surface area contributed by atoms with Crippen LogP contribution >= 0.6 is 27.3 Å². The zero-order valence-electron chi connectivity index (χ0n) is 8.90. The van der Waals surface area contributed by atoms with Crippen molar-refractivity contribution < 1.29 is 0 Å². The van der Waals surface area contributed by atoms with Gasteiger partial charge in [-0.25, -0.2) is 0 Å². The highest BCUT2D eigenvalue weighted by Gasteiger charge is 2.07. The number of aryl methyl sites for hydroxylation is 1.